The summed E-state index contributed by atoms with van der Waals surface area (Å²) in [7, 11) is 0. The Morgan fingerprint density at radius 2 is 1.28 bits per heavy atom. The highest BCUT2D eigenvalue weighted by Gasteiger charge is 2.17. The second-order valence-electron chi connectivity index (χ2n) is 13.6. The maximum atomic E-state index is 11.1. The molecule has 7 heteroatoms. The van der Waals surface area contributed by atoms with E-state index in [4.69, 9.17) is 0 Å². The predicted octanol–water partition coefficient (Wildman–Crippen LogP) is 6.68. The topological polar surface area (TPSA) is 98.0 Å². The molecule has 0 radical (unpaired) electrons. The second kappa shape index (κ2) is 16.2. The molecule has 258 valence electrons. The van der Waals surface area contributed by atoms with Gasteiger partial charge in [0.1, 0.15) is 0 Å². The number of aromatic nitrogens is 1. The molecule has 6 rings (SSSR count). The molecule has 1 heterocycles. The normalized spacial score (nSPS) is 12.2. The minimum Gasteiger partial charge on any atom is -0.358 e. The SMILES string of the molecule is CC(=O)NCCNCc1ccc2c(c1)CC(Cc1cccc(-c3cccc(Cc4cc5ccc(CNCCNC(C)=O)cc5[nH]4)c3C)c1C)=C2. The van der Waals surface area contributed by atoms with Crippen molar-refractivity contribution >= 4 is 28.8 Å². The van der Waals surface area contributed by atoms with Crippen molar-refractivity contribution in [3.63, 3.8) is 0 Å². The van der Waals surface area contributed by atoms with E-state index in [0.717, 1.165) is 51.0 Å². The summed E-state index contributed by atoms with van der Waals surface area (Å²) < 4.78 is 0. The van der Waals surface area contributed by atoms with Gasteiger partial charge in [-0.3, -0.25) is 9.59 Å². The highest BCUT2D eigenvalue weighted by atomic mass is 16.2. The maximum absolute atomic E-state index is 11.1. The van der Waals surface area contributed by atoms with Gasteiger partial charge in [0.05, 0.1) is 0 Å². The quantitative estimate of drug-likeness (QED) is 0.0806. The number of hydrogen-bond donors (Lipinski definition) is 5. The molecule has 0 aliphatic heterocycles. The van der Waals surface area contributed by atoms with E-state index >= 15 is 0 Å². The summed E-state index contributed by atoms with van der Waals surface area (Å²) >= 11 is 0. The van der Waals surface area contributed by atoms with E-state index in [0.29, 0.717) is 13.1 Å². The van der Waals surface area contributed by atoms with E-state index < -0.39 is 0 Å². The fraction of sp³-hybridized carbons (Fsp3) is 0.302. The van der Waals surface area contributed by atoms with Crippen molar-refractivity contribution in [1.29, 1.82) is 0 Å². The number of rotatable bonds is 15. The summed E-state index contributed by atoms with van der Waals surface area (Å²) in [5.41, 5.74) is 17.0. The van der Waals surface area contributed by atoms with Gasteiger partial charge in [-0.25, -0.2) is 0 Å². The third-order valence-electron chi connectivity index (χ3n) is 9.72. The predicted molar refractivity (Wildman–Crippen MR) is 205 cm³/mol. The van der Waals surface area contributed by atoms with Gasteiger partial charge in [-0.05, 0) is 99.8 Å². The molecule has 5 N–H and O–H groups in total. The van der Waals surface area contributed by atoms with Crippen LogP contribution in [-0.2, 0) is 41.9 Å². The Morgan fingerprint density at radius 3 is 1.92 bits per heavy atom. The average Bonchev–Trinajstić information content (AvgIpc) is 3.68. The van der Waals surface area contributed by atoms with Gasteiger partial charge in [-0.2, -0.15) is 0 Å². The Kier molecular flexibility index (Phi) is 11.3. The lowest BCUT2D eigenvalue weighted by Gasteiger charge is -2.16. The number of amides is 2. The van der Waals surface area contributed by atoms with Crippen molar-refractivity contribution in [2.75, 3.05) is 26.2 Å². The third kappa shape index (κ3) is 8.78. The van der Waals surface area contributed by atoms with Crippen LogP contribution in [0.15, 0.2) is 84.4 Å². The van der Waals surface area contributed by atoms with E-state index in [1.54, 1.807) is 13.8 Å². The number of H-pyrrole nitrogens is 1. The molecular weight excluding hydrogens is 619 g/mol. The molecule has 1 aliphatic rings. The standard InChI is InChI=1S/C43H49N5O2/c1-28-35(20-34-21-37-13-11-32(19-39(37)22-34)26-44-15-17-46-30(3)49)7-5-9-41(28)42-10-6-8-36(29(42)2)24-40-25-38-14-12-33(23-43(38)48-40)27-45-16-18-47-31(4)50/h5-14,19,21,23,25,44-45,48H,15-18,20,22,24,26-27H2,1-4H3,(H,46,49)(H,47,50). The molecule has 1 aromatic heterocycles. The van der Waals surface area contributed by atoms with Crippen LogP contribution >= 0.6 is 0 Å². The number of carbonyl (C=O) groups excluding carboxylic acids is 2. The number of benzene rings is 4. The van der Waals surface area contributed by atoms with E-state index in [-0.39, 0.29) is 11.8 Å². The zero-order valence-corrected chi connectivity index (χ0v) is 29.8. The first-order valence-electron chi connectivity index (χ1n) is 17.7. The van der Waals surface area contributed by atoms with Crippen LogP contribution in [0.5, 0.6) is 0 Å². The minimum atomic E-state index is -0.00183. The van der Waals surface area contributed by atoms with Crippen molar-refractivity contribution in [1.82, 2.24) is 26.3 Å². The third-order valence-corrected chi connectivity index (χ3v) is 9.72. The molecule has 0 spiro atoms. The summed E-state index contributed by atoms with van der Waals surface area (Å²) in [5, 5.41) is 13.7. The molecule has 50 heavy (non-hydrogen) atoms. The zero-order chi connectivity index (χ0) is 35.0. The van der Waals surface area contributed by atoms with E-state index in [1.807, 2.05) is 0 Å². The van der Waals surface area contributed by atoms with Crippen molar-refractivity contribution < 1.29 is 9.59 Å². The number of nitrogens with one attached hydrogen (secondary N) is 5. The number of fused-ring (bicyclic) bond motifs is 2. The van der Waals surface area contributed by atoms with Crippen LogP contribution < -0.4 is 21.3 Å². The minimum absolute atomic E-state index is 0.00183. The van der Waals surface area contributed by atoms with Gasteiger partial charge in [0.15, 0.2) is 0 Å². The molecule has 5 aromatic rings. The number of hydrogen-bond acceptors (Lipinski definition) is 4. The first-order chi connectivity index (χ1) is 24.2. The summed E-state index contributed by atoms with van der Waals surface area (Å²) in [6.07, 6.45) is 5.14. The lowest BCUT2D eigenvalue weighted by Crippen LogP contribution is -2.29. The molecule has 7 nitrogen and oxygen atoms in total. The molecule has 0 unspecified atom stereocenters. The number of carbonyl (C=O) groups is 2. The number of allylic oxidation sites excluding steroid dienone is 1. The van der Waals surface area contributed by atoms with Crippen LogP contribution in [0, 0.1) is 13.8 Å². The van der Waals surface area contributed by atoms with Gasteiger partial charge in [-0.1, -0.05) is 78.4 Å². The molecule has 1 aliphatic carbocycles. The van der Waals surface area contributed by atoms with Crippen molar-refractivity contribution in [3.8, 4) is 11.1 Å². The molecule has 0 fully saturated rings. The summed E-state index contributed by atoms with van der Waals surface area (Å²) in [5.74, 6) is 0.00407. The van der Waals surface area contributed by atoms with E-state index in [2.05, 4.69) is 125 Å². The van der Waals surface area contributed by atoms with Crippen molar-refractivity contribution in [2.24, 2.45) is 0 Å². The lowest BCUT2D eigenvalue weighted by atomic mass is 9.88. The van der Waals surface area contributed by atoms with Crippen LogP contribution in [0.25, 0.3) is 28.1 Å². The van der Waals surface area contributed by atoms with Gasteiger partial charge < -0.3 is 26.3 Å². The van der Waals surface area contributed by atoms with Crippen LogP contribution in [-0.4, -0.2) is 43.0 Å². The molecule has 0 bridgehead atoms. The maximum Gasteiger partial charge on any atom is 0.216 e. The lowest BCUT2D eigenvalue weighted by molar-refractivity contribution is -0.119. The van der Waals surface area contributed by atoms with Gasteiger partial charge in [0.2, 0.25) is 11.8 Å². The first kappa shape index (κ1) is 34.9. The molecule has 4 aromatic carbocycles. The summed E-state index contributed by atoms with van der Waals surface area (Å²) in [4.78, 5) is 25.8. The van der Waals surface area contributed by atoms with E-state index in [1.165, 1.54) is 72.3 Å². The van der Waals surface area contributed by atoms with Crippen molar-refractivity contribution in [3.05, 3.63) is 135 Å². The van der Waals surface area contributed by atoms with Crippen LogP contribution in [0.1, 0.15) is 64.0 Å². The fourth-order valence-corrected chi connectivity index (χ4v) is 7.03. The Morgan fingerprint density at radius 1 is 0.680 bits per heavy atom. The highest BCUT2D eigenvalue weighted by Crippen LogP contribution is 2.34. The van der Waals surface area contributed by atoms with Crippen LogP contribution in [0.2, 0.25) is 0 Å². The Balaban J connectivity index is 1.10. The summed E-state index contributed by atoms with van der Waals surface area (Å²) in [6.45, 7) is 11.9. The average molecular weight is 668 g/mol. The molecule has 2 amide bonds. The molecule has 0 saturated carbocycles. The molecule has 0 atom stereocenters. The van der Waals surface area contributed by atoms with Gasteiger partial charge in [0.25, 0.3) is 0 Å². The largest absolute Gasteiger partial charge is 0.358 e. The Labute approximate surface area is 296 Å². The van der Waals surface area contributed by atoms with Crippen LogP contribution in [0.3, 0.4) is 0 Å². The molecule has 0 saturated heterocycles. The summed E-state index contributed by atoms with van der Waals surface area (Å²) in [6, 6.07) is 29.1. The molecular formula is C43H49N5O2. The highest BCUT2D eigenvalue weighted by molar-refractivity contribution is 5.81. The Bertz CT molecular complexity index is 2040. The Hall–Kier alpha value is -4.98. The van der Waals surface area contributed by atoms with Gasteiger partial charge >= 0.3 is 0 Å². The van der Waals surface area contributed by atoms with Gasteiger partial charge in [0, 0.05) is 70.7 Å². The fourth-order valence-electron chi connectivity index (χ4n) is 7.03. The van der Waals surface area contributed by atoms with Crippen LogP contribution in [0.4, 0.5) is 0 Å². The zero-order valence-electron chi connectivity index (χ0n) is 29.8. The van der Waals surface area contributed by atoms with Gasteiger partial charge in [-0.15, -0.1) is 0 Å². The monoisotopic (exact) mass is 667 g/mol. The smallest absolute Gasteiger partial charge is 0.216 e. The first-order valence-corrected chi connectivity index (χ1v) is 17.7. The number of aromatic amines is 1. The van der Waals surface area contributed by atoms with E-state index in [9.17, 15) is 9.59 Å². The second-order valence-corrected chi connectivity index (χ2v) is 13.6. The van der Waals surface area contributed by atoms with Crippen molar-refractivity contribution in [2.45, 2.75) is 60.0 Å².